The lowest BCUT2D eigenvalue weighted by Gasteiger charge is -2.35. The molecule has 0 saturated heterocycles. The second-order valence-corrected chi connectivity index (χ2v) is 10.6. The number of hydrogen-bond donors (Lipinski definition) is 2. The molecule has 0 radical (unpaired) electrons. The van der Waals surface area contributed by atoms with E-state index in [0.29, 0.717) is 5.69 Å². The lowest BCUT2D eigenvalue weighted by Crippen LogP contribution is -2.54. The maximum absolute atomic E-state index is 13.9. The molecule has 0 fully saturated rings. The molecular formula is C29H41N3O4. The van der Waals surface area contributed by atoms with Gasteiger partial charge in [-0.3, -0.25) is 9.59 Å². The topological polar surface area (TPSA) is 87.7 Å². The number of benzene rings is 2. The maximum Gasteiger partial charge on any atom is 0.408 e. The number of nitrogens with one attached hydrogen (secondary N) is 2. The van der Waals surface area contributed by atoms with Crippen molar-refractivity contribution in [1.29, 1.82) is 0 Å². The van der Waals surface area contributed by atoms with Crippen LogP contribution < -0.4 is 10.6 Å². The van der Waals surface area contributed by atoms with Gasteiger partial charge in [-0.2, -0.15) is 0 Å². The Balaban J connectivity index is 2.50. The third kappa shape index (κ3) is 7.57. The van der Waals surface area contributed by atoms with Crippen molar-refractivity contribution in [2.45, 2.75) is 80.0 Å². The molecule has 0 saturated carbocycles. The molecule has 0 aliphatic carbocycles. The molecule has 0 aromatic heterocycles. The first-order chi connectivity index (χ1) is 16.7. The average molecular weight is 496 g/mol. The van der Waals surface area contributed by atoms with Gasteiger partial charge in [0, 0.05) is 12.2 Å². The van der Waals surface area contributed by atoms with Crippen LogP contribution in [0.4, 0.5) is 10.5 Å². The minimum atomic E-state index is -0.885. The summed E-state index contributed by atoms with van der Waals surface area (Å²) >= 11 is 0. The number of rotatable bonds is 8. The van der Waals surface area contributed by atoms with E-state index in [1.54, 1.807) is 20.8 Å². The zero-order valence-electron chi connectivity index (χ0n) is 23.1. The van der Waals surface area contributed by atoms with E-state index in [1.165, 1.54) is 4.90 Å². The van der Waals surface area contributed by atoms with E-state index in [9.17, 15) is 14.4 Å². The minimum Gasteiger partial charge on any atom is -0.444 e. The summed E-state index contributed by atoms with van der Waals surface area (Å²) in [7, 11) is 0. The van der Waals surface area contributed by atoms with E-state index in [2.05, 4.69) is 10.6 Å². The molecule has 0 spiro atoms. The average Bonchev–Trinajstić information content (AvgIpc) is 2.76. The summed E-state index contributed by atoms with van der Waals surface area (Å²) in [6, 6.07) is 11.6. The van der Waals surface area contributed by atoms with Gasteiger partial charge in [0.2, 0.25) is 5.91 Å². The first-order valence-corrected chi connectivity index (χ1v) is 12.5. The summed E-state index contributed by atoms with van der Waals surface area (Å²) in [6.07, 6.45) is -0.668. The number of nitrogens with zero attached hydrogens (tertiary/aromatic N) is 1. The molecule has 0 aliphatic heterocycles. The zero-order valence-corrected chi connectivity index (χ0v) is 23.1. The summed E-state index contributed by atoms with van der Waals surface area (Å²) in [5.74, 6) is -0.882. The predicted octanol–water partition coefficient (Wildman–Crippen LogP) is 5.69. The van der Waals surface area contributed by atoms with Gasteiger partial charge in [-0.1, -0.05) is 55.8 Å². The number of anilines is 1. The SMILES string of the molecule is CCN(C(=O)C(NC(=O)OC(C)(C)C)C(C)C)C(C(=O)Nc1ccccc1C)c1ccc(C)cc1C. The molecule has 0 heterocycles. The fourth-order valence-corrected chi connectivity index (χ4v) is 4.09. The summed E-state index contributed by atoms with van der Waals surface area (Å²) in [5.41, 5.74) is 3.62. The highest BCUT2D eigenvalue weighted by atomic mass is 16.6. The van der Waals surface area contributed by atoms with Crippen molar-refractivity contribution in [3.63, 3.8) is 0 Å². The molecule has 36 heavy (non-hydrogen) atoms. The second kappa shape index (κ2) is 12.1. The van der Waals surface area contributed by atoms with Gasteiger partial charge >= 0.3 is 6.09 Å². The van der Waals surface area contributed by atoms with Crippen molar-refractivity contribution in [2.24, 2.45) is 5.92 Å². The van der Waals surface area contributed by atoms with Gasteiger partial charge in [-0.15, -0.1) is 0 Å². The Morgan fingerprint density at radius 1 is 0.972 bits per heavy atom. The maximum atomic E-state index is 13.9. The number of aryl methyl sites for hydroxylation is 3. The van der Waals surface area contributed by atoms with Crippen LogP contribution >= 0.6 is 0 Å². The third-order valence-corrected chi connectivity index (χ3v) is 5.91. The normalized spacial score (nSPS) is 13.1. The Kier molecular flexibility index (Phi) is 9.68. The van der Waals surface area contributed by atoms with Gasteiger partial charge in [-0.05, 0) is 77.1 Å². The number of ether oxygens (including phenoxy) is 1. The van der Waals surface area contributed by atoms with Crippen LogP contribution in [0.15, 0.2) is 42.5 Å². The molecule has 196 valence electrons. The Morgan fingerprint density at radius 2 is 1.61 bits per heavy atom. The monoisotopic (exact) mass is 495 g/mol. The van der Waals surface area contributed by atoms with Crippen LogP contribution in [0.5, 0.6) is 0 Å². The number of carbonyl (C=O) groups excluding carboxylic acids is 3. The zero-order chi connectivity index (χ0) is 27.2. The summed E-state index contributed by atoms with van der Waals surface area (Å²) in [6.45, 7) is 17.0. The van der Waals surface area contributed by atoms with Crippen molar-refractivity contribution in [3.8, 4) is 0 Å². The summed E-state index contributed by atoms with van der Waals surface area (Å²) in [5, 5.41) is 5.75. The fraction of sp³-hybridized carbons (Fsp3) is 0.483. The van der Waals surface area contributed by atoms with E-state index in [0.717, 1.165) is 22.3 Å². The molecule has 3 amide bonds. The number of amides is 3. The highest BCUT2D eigenvalue weighted by Crippen LogP contribution is 2.29. The number of alkyl carbamates (subject to hydrolysis) is 1. The van der Waals surface area contributed by atoms with Crippen LogP contribution in [0.3, 0.4) is 0 Å². The van der Waals surface area contributed by atoms with Gasteiger partial charge in [0.15, 0.2) is 0 Å². The number of para-hydroxylation sites is 1. The molecule has 2 N–H and O–H groups in total. The van der Waals surface area contributed by atoms with Gasteiger partial charge in [0.1, 0.15) is 17.7 Å². The van der Waals surface area contributed by atoms with Crippen molar-refractivity contribution in [1.82, 2.24) is 10.2 Å². The molecule has 2 rings (SSSR count). The van der Waals surface area contributed by atoms with Crippen molar-refractivity contribution in [2.75, 3.05) is 11.9 Å². The van der Waals surface area contributed by atoms with Gasteiger partial charge in [0.25, 0.3) is 5.91 Å². The Labute approximate surface area is 215 Å². The van der Waals surface area contributed by atoms with E-state index in [1.807, 2.05) is 84.0 Å². The van der Waals surface area contributed by atoms with E-state index < -0.39 is 23.8 Å². The van der Waals surface area contributed by atoms with Gasteiger partial charge < -0.3 is 20.3 Å². The van der Waals surface area contributed by atoms with Crippen LogP contribution in [-0.4, -0.2) is 41.0 Å². The van der Waals surface area contributed by atoms with Crippen molar-refractivity contribution < 1.29 is 19.1 Å². The highest BCUT2D eigenvalue weighted by Gasteiger charge is 2.37. The Bertz CT molecular complexity index is 1090. The quantitative estimate of drug-likeness (QED) is 0.492. The highest BCUT2D eigenvalue weighted by molar-refractivity contribution is 5.99. The van der Waals surface area contributed by atoms with E-state index >= 15 is 0 Å². The molecule has 7 heteroatoms. The molecule has 2 unspecified atom stereocenters. The Hall–Kier alpha value is -3.35. The molecule has 2 aromatic carbocycles. The van der Waals surface area contributed by atoms with Crippen LogP contribution in [0.1, 0.15) is 69.8 Å². The van der Waals surface area contributed by atoms with Crippen molar-refractivity contribution >= 4 is 23.6 Å². The molecule has 2 aromatic rings. The number of carbonyl (C=O) groups is 3. The van der Waals surface area contributed by atoms with Crippen LogP contribution in [0.25, 0.3) is 0 Å². The van der Waals surface area contributed by atoms with Crippen LogP contribution in [0.2, 0.25) is 0 Å². The van der Waals surface area contributed by atoms with E-state index in [4.69, 9.17) is 4.74 Å². The first kappa shape index (κ1) is 28.9. The van der Waals surface area contributed by atoms with Crippen LogP contribution in [-0.2, 0) is 14.3 Å². The predicted molar refractivity (Wildman–Crippen MR) is 144 cm³/mol. The smallest absolute Gasteiger partial charge is 0.408 e. The molecule has 0 bridgehead atoms. The molecule has 0 aliphatic rings. The van der Waals surface area contributed by atoms with Gasteiger partial charge in [0.05, 0.1) is 0 Å². The largest absolute Gasteiger partial charge is 0.444 e. The summed E-state index contributed by atoms with van der Waals surface area (Å²) < 4.78 is 5.40. The molecular weight excluding hydrogens is 454 g/mol. The van der Waals surface area contributed by atoms with Crippen LogP contribution in [0, 0.1) is 26.7 Å². The second-order valence-electron chi connectivity index (χ2n) is 10.6. The third-order valence-electron chi connectivity index (χ3n) is 5.91. The lowest BCUT2D eigenvalue weighted by atomic mass is 9.95. The minimum absolute atomic E-state index is 0.224. The number of hydrogen-bond acceptors (Lipinski definition) is 4. The molecule has 2 atom stereocenters. The van der Waals surface area contributed by atoms with Gasteiger partial charge in [-0.25, -0.2) is 4.79 Å². The van der Waals surface area contributed by atoms with Crippen molar-refractivity contribution in [3.05, 3.63) is 64.7 Å². The lowest BCUT2D eigenvalue weighted by molar-refractivity contribution is -0.141. The van der Waals surface area contributed by atoms with E-state index in [-0.39, 0.29) is 24.3 Å². The molecule has 7 nitrogen and oxygen atoms in total. The Morgan fingerprint density at radius 3 is 2.14 bits per heavy atom. The summed E-state index contributed by atoms with van der Waals surface area (Å²) in [4.78, 5) is 41.8. The first-order valence-electron chi connectivity index (χ1n) is 12.5. The number of likely N-dealkylation sites (N-methyl/N-ethyl adjacent to an activating group) is 1. The standard InChI is InChI=1S/C29H41N3O4/c1-10-32(27(34)24(18(2)3)31-28(35)36-29(7,8)9)25(22-16-15-19(4)17-21(22)6)26(33)30-23-14-12-11-13-20(23)5/h11-18,24-25H,10H2,1-9H3,(H,30,33)(H,31,35). The fourth-order valence-electron chi connectivity index (χ4n) is 4.09.